The first-order valence-electron chi connectivity index (χ1n) is 9.21. The SMILES string of the molecule is NC(=O)NOC(=O)[C@@H](N)CCCN=C(N)N.NC(=O)NOC(=O)[C@@H](N)CCCN=C(N)N.OO. The molecule has 0 aromatic heterocycles. The van der Waals surface area contributed by atoms with E-state index < -0.39 is 36.1 Å². The van der Waals surface area contributed by atoms with Crippen LogP contribution < -0.4 is 56.8 Å². The van der Waals surface area contributed by atoms with Gasteiger partial charge in [-0.3, -0.25) is 20.5 Å². The van der Waals surface area contributed by atoms with Gasteiger partial charge in [0, 0.05) is 13.1 Å². The van der Waals surface area contributed by atoms with Gasteiger partial charge in [-0.1, -0.05) is 0 Å². The van der Waals surface area contributed by atoms with Crippen LogP contribution in [0.3, 0.4) is 0 Å². The maximum Gasteiger partial charge on any atom is 0.348 e. The molecule has 198 valence electrons. The van der Waals surface area contributed by atoms with Gasteiger partial charge in [0.05, 0.1) is 0 Å². The van der Waals surface area contributed by atoms with Gasteiger partial charge < -0.3 is 55.5 Å². The minimum atomic E-state index is -0.971. The van der Waals surface area contributed by atoms with Crippen molar-refractivity contribution in [1.29, 1.82) is 0 Å². The summed E-state index contributed by atoms with van der Waals surface area (Å²) in [4.78, 5) is 58.5. The number of carbonyl (C=O) groups excluding carboxylic acids is 4. The fourth-order valence-electron chi connectivity index (χ4n) is 1.63. The van der Waals surface area contributed by atoms with Crippen molar-refractivity contribution < 1.29 is 39.4 Å². The van der Waals surface area contributed by atoms with Gasteiger partial charge in [0.25, 0.3) is 0 Å². The number of amides is 4. The second kappa shape index (κ2) is 22.1. The van der Waals surface area contributed by atoms with Crippen LogP contribution in [0.4, 0.5) is 9.59 Å². The average Bonchev–Trinajstić information content (AvgIpc) is 2.77. The number of rotatable bonds is 10. The van der Waals surface area contributed by atoms with Gasteiger partial charge in [0.1, 0.15) is 12.1 Å². The van der Waals surface area contributed by atoms with Gasteiger partial charge in [-0.15, -0.1) is 0 Å². The van der Waals surface area contributed by atoms with Crippen LogP contribution in [-0.2, 0) is 19.3 Å². The average molecular weight is 499 g/mol. The standard InChI is InChI=1S/2C7H16N6O3.H2O2/c2*8-4(2-1-3-12-6(9)10)5(14)16-13-7(11)15;1-2/h2*4H,1-3,8H2,(H4,9,10,12)(H3,11,13,15);1-2H/t2*4-;/m00./s1. The van der Waals surface area contributed by atoms with Crippen molar-refractivity contribution in [2.75, 3.05) is 13.1 Å². The fourth-order valence-corrected chi connectivity index (χ4v) is 1.63. The van der Waals surface area contributed by atoms with Gasteiger partial charge in [-0.2, -0.15) is 11.0 Å². The summed E-state index contributed by atoms with van der Waals surface area (Å²) >= 11 is 0. The number of nitrogens with zero attached hydrogens (tertiary/aromatic N) is 2. The molecule has 34 heavy (non-hydrogen) atoms. The van der Waals surface area contributed by atoms with Gasteiger partial charge in [0.2, 0.25) is 0 Å². The van der Waals surface area contributed by atoms with E-state index in [9.17, 15) is 19.2 Å². The topological polar surface area (TPSA) is 384 Å². The zero-order valence-corrected chi connectivity index (χ0v) is 18.3. The molecule has 0 heterocycles. The first kappa shape index (κ1) is 34.5. The van der Waals surface area contributed by atoms with Crippen LogP contribution >= 0.6 is 0 Å². The molecule has 0 aromatic carbocycles. The van der Waals surface area contributed by atoms with Crippen LogP contribution in [0.1, 0.15) is 25.7 Å². The summed E-state index contributed by atoms with van der Waals surface area (Å²) < 4.78 is 0. The van der Waals surface area contributed by atoms with Crippen LogP contribution in [0.25, 0.3) is 0 Å². The summed E-state index contributed by atoms with van der Waals surface area (Å²) in [5, 5.41) is 12.0. The highest BCUT2D eigenvalue weighted by Crippen LogP contribution is 1.97. The highest BCUT2D eigenvalue weighted by atomic mass is 17.0. The molecular weight excluding hydrogens is 464 g/mol. The summed E-state index contributed by atoms with van der Waals surface area (Å²) in [6.45, 7) is 0.735. The van der Waals surface area contributed by atoms with Crippen molar-refractivity contribution in [3.63, 3.8) is 0 Å². The van der Waals surface area contributed by atoms with Crippen molar-refractivity contribution in [1.82, 2.24) is 11.0 Å². The quantitative estimate of drug-likeness (QED) is 0.0441. The number of nitrogens with one attached hydrogen (secondary N) is 2. The maximum absolute atomic E-state index is 11.1. The molecule has 0 saturated heterocycles. The molecule has 0 aliphatic rings. The van der Waals surface area contributed by atoms with E-state index >= 15 is 0 Å². The van der Waals surface area contributed by atoms with E-state index in [0.717, 1.165) is 0 Å². The molecule has 20 N–H and O–H groups in total. The molecule has 0 spiro atoms. The van der Waals surface area contributed by atoms with E-state index in [1.54, 1.807) is 11.0 Å². The van der Waals surface area contributed by atoms with Crippen molar-refractivity contribution in [2.24, 2.45) is 55.9 Å². The van der Waals surface area contributed by atoms with E-state index in [1.165, 1.54) is 0 Å². The highest BCUT2D eigenvalue weighted by Gasteiger charge is 2.16. The Hall–Kier alpha value is -4.14. The normalized spacial score (nSPS) is 10.8. The lowest BCUT2D eigenvalue weighted by Gasteiger charge is -2.09. The van der Waals surface area contributed by atoms with E-state index in [1.807, 2.05) is 0 Å². The molecule has 0 rings (SSSR count). The molecule has 0 bridgehead atoms. The van der Waals surface area contributed by atoms with Crippen LogP contribution in [0.5, 0.6) is 0 Å². The molecular formula is C14H34N12O8. The molecule has 0 unspecified atom stereocenters. The highest BCUT2D eigenvalue weighted by molar-refractivity contribution is 5.79. The van der Waals surface area contributed by atoms with Crippen LogP contribution in [0.2, 0.25) is 0 Å². The summed E-state index contributed by atoms with van der Waals surface area (Å²) in [7, 11) is 0. The zero-order chi connectivity index (χ0) is 27.1. The molecule has 20 nitrogen and oxygen atoms in total. The lowest BCUT2D eigenvalue weighted by atomic mass is 10.2. The fraction of sp³-hybridized carbons (Fsp3) is 0.571. The number of carbonyl (C=O) groups is 4. The summed E-state index contributed by atoms with van der Waals surface area (Å²) in [5.41, 5.74) is 44.0. The van der Waals surface area contributed by atoms with Crippen LogP contribution in [-0.4, -0.2) is 71.6 Å². The predicted octanol–water partition coefficient (Wildman–Crippen LogP) is -5.00. The largest absolute Gasteiger partial charge is 0.370 e. The number of primary amides is 2. The Morgan fingerprint density at radius 2 is 0.971 bits per heavy atom. The summed E-state index contributed by atoms with van der Waals surface area (Å²) in [6, 6.07) is -3.66. The predicted molar refractivity (Wildman–Crippen MR) is 119 cm³/mol. The lowest BCUT2D eigenvalue weighted by Crippen LogP contribution is -2.39. The first-order valence-corrected chi connectivity index (χ1v) is 9.21. The summed E-state index contributed by atoms with van der Waals surface area (Å²) in [6.07, 6.45) is 1.70. The molecule has 0 saturated carbocycles. The van der Waals surface area contributed by atoms with E-state index in [2.05, 4.69) is 31.1 Å². The molecule has 0 aromatic rings. The number of hydroxylamine groups is 2. The molecule has 4 amide bonds. The Labute approximate surface area is 193 Å². The van der Waals surface area contributed by atoms with Crippen molar-refractivity contribution in [2.45, 2.75) is 37.8 Å². The molecule has 0 aliphatic heterocycles. The monoisotopic (exact) mass is 498 g/mol. The Kier molecular flexibility index (Phi) is 22.4. The summed E-state index contributed by atoms with van der Waals surface area (Å²) in [5.74, 6) is -1.59. The Balaban J connectivity index is -0.000000526. The Bertz CT molecular complexity index is 611. The maximum atomic E-state index is 11.1. The smallest absolute Gasteiger partial charge is 0.348 e. The third-order valence-electron chi connectivity index (χ3n) is 3.05. The van der Waals surface area contributed by atoms with Crippen LogP contribution in [0, 0.1) is 0 Å². The van der Waals surface area contributed by atoms with E-state index in [0.29, 0.717) is 38.8 Å². The molecule has 2 atom stereocenters. The van der Waals surface area contributed by atoms with E-state index in [4.69, 9.17) is 44.9 Å². The minimum absolute atomic E-state index is 0.0217. The molecule has 0 fully saturated rings. The number of hydrogen-bond acceptors (Lipinski definition) is 12. The van der Waals surface area contributed by atoms with Gasteiger partial charge >= 0.3 is 24.0 Å². The Morgan fingerprint density at radius 3 is 1.21 bits per heavy atom. The Morgan fingerprint density at radius 1 is 0.676 bits per heavy atom. The second-order valence-electron chi connectivity index (χ2n) is 5.89. The minimum Gasteiger partial charge on any atom is -0.370 e. The van der Waals surface area contributed by atoms with E-state index in [-0.39, 0.29) is 11.9 Å². The second-order valence-corrected chi connectivity index (χ2v) is 5.89. The van der Waals surface area contributed by atoms with Gasteiger partial charge in [-0.25, -0.2) is 19.2 Å². The number of nitrogens with two attached hydrogens (primary N) is 8. The first-order chi connectivity index (χ1) is 15.9. The number of aliphatic imine (C=N–C) groups is 2. The number of urea groups is 2. The van der Waals surface area contributed by atoms with Crippen molar-refractivity contribution >= 4 is 35.9 Å². The molecule has 20 heteroatoms. The van der Waals surface area contributed by atoms with Crippen molar-refractivity contribution in [3.8, 4) is 0 Å². The molecule has 0 radical (unpaired) electrons. The van der Waals surface area contributed by atoms with Gasteiger partial charge in [0.15, 0.2) is 11.9 Å². The third kappa shape index (κ3) is 25.9. The lowest BCUT2D eigenvalue weighted by molar-refractivity contribution is -0.176. The third-order valence-corrected chi connectivity index (χ3v) is 3.05. The van der Waals surface area contributed by atoms with Gasteiger partial charge in [-0.05, 0) is 25.7 Å². The van der Waals surface area contributed by atoms with Crippen LogP contribution in [0.15, 0.2) is 9.98 Å². The zero-order valence-electron chi connectivity index (χ0n) is 18.3. The number of hydrogen-bond donors (Lipinski definition) is 12. The molecule has 0 aliphatic carbocycles. The number of guanidine groups is 2. The van der Waals surface area contributed by atoms with Crippen molar-refractivity contribution in [3.05, 3.63) is 0 Å².